The molecular formula is C16H32OSi. The summed E-state index contributed by atoms with van der Waals surface area (Å²) >= 11 is 0. The second-order valence-corrected chi connectivity index (χ2v) is 11.8. The van der Waals surface area contributed by atoms with Crippen molar-refractivity contribution in [1.82, 2.24) is 0 Å². The maximum Gasteiger partial charge on any atom is 0.200 e. The van der Waals surface area contributed by atoms with Crippen molar-refractivity contribution in [2.75, 3.05) is 7.11 Å². The van der Waals surface area contributed by atoms with Crippen molar-refractivity contribution >= 4 is 8.32 Å². The molecule has 0 aromatic heterocycles. The number of hydrogen-bond acceptors (Lipinski definition) is 1. The second kappa shape index (κ2) is 6.56. The van der Waals surface area contributed by atoms with Crippen molar-refractivity contribution in [2.24, 2.45) is 0 Å². The first-order valence-electron chi connectivity index (χ1n) is 8.27. The third kappa shape index (κ3) is 2.70. The van der Waals surface area contributed by atoms with Crippen LogP contribution in [0.4, 0.5) is 0 Å². The van der Waals surface area contributed by atoms with E-state index in [2.05, 4.69) is 21.0 Å². The van der Waals surface area contributed by atoms with Gasteiger partial charge in [-0.3, -0.25) is 0 Å². The molecule has 2 fully saturated rings. The van der Waals surface area contributed by atoms with E-state index in [-0.39, 0.29) is 0 Å². The normalized spacial score (nSPS) is 24.7. The van der Waals surface area contributed by atoms with Crippen LogP contribution in [-0.4, -0.2) is 15.4 Å². The summed E-state index contributed by atoms with van der Waals surface area (Å²) in [5, 5.41) is 0. The van der Waals surface area contributed by atoms with Crippen LogP contribution in [0, 0.1) is 0 Å². The predicted octanol–water partition coefficient (Wildman–Crippen LogP) is 5.66. The van der Waals surface area contributed by atoms with Crippen molar-refractivity contribution in [3.63, 3.8) is 0 Å². The molecule has 2 aliphatic rings. The monoisotopic (exact) mass is 268 g/mol. The molecule has 0 bridgehead atoms. The van der Waals surface area contributed by atoms with Gasteiger partial charge < -0.3 is 4.43 Å². The third-order valence-electron chi connectivity index (χ3n) is 5.74. The van der Waals surface area contributed by atoms with Gasteiger partial charge in [0.25, 0.3) is 0 Å². The molecule has 0 radical (unpaired) electrons. The van der Waals surface area contributed by atoms with Gasteiger partial charge in [0.1, 0.15) is 0 Å². The van der Waals surface area contributed by atoms with Crippen LogP contribution in [0.3, 0.4) is 0 Å². The highest BCUT2D eigenvalue weighted by Gasteiger charge is 2.51. The van der Waals surface area contributed by atoms with Gasteiger partial charge in [0.05, 0.1) is 0 Å². The van der Waals surface area contributed by atoms with Crippen LogP contribution in [-0.2, 0) is 4.43 Å². The van der Waals surface area contributed by atoms with Crippen molar-refractivity contribution in [1.29, 1.82) is 0 Å². The van der Waals surface area contributed by atoms with E-state index in [9.17, 15) is 0 Å². The molecule has 0 aromatic rings. The van der Waals surface area contributed by atoms with E-state index >= 15 is 0 Å². The summed E-state index contributed by atoms with van der Waals surface area (Å²) in [4.78, 5) is 0. The topological polar surface area (TPSA) is 9.23 Å². The van der Waals surface area contributed by atoms with Gasteiger partial charge in [-0.1, -0.05) is 78.1 Å². The summed E-state index contributed by atoms with van der Waals surface area (Å²) < 4.78 is 6.42. The van der Waals surface area contributed by atoms with Crippen molar-refractivity contribution in [3.05, 3.63) is 0 Å². The SMILES string of the molecule is CO[Si](C(C)C)(C1CCCCC1)C1CCCCC1. The fourth-order valence-electron chi connectivity index (χ4n) is 4.95. The molecule has 18 heavy (non-hydrogen) atoms. The zero-order valence-electron chi connectivity index (χ0n) is 12.7. The number of hydrogen-bond donors (Lipinski definition) is 0. The van der Waals surface area contributed by atoms with E-state index in [1.807, 2.05) is 0 Å². The molecule has 0 N–H and O–H groups in total. The van der Waals surface area contributed by atoms with Crippen molar-refractivity contribution in [3.8, 4) is 0 Å². The molecule has 0 unspecified atom stereocenters. The van der Waals surface area contributed by atoms with E-state index in [4.69, 9.17) is 4.43 Å². The summed E-state index contributed by atoms with van der Waals surface area (Å²) in [7, 11) is 0.506. The van der Waals surface area contributed by atoms with Gasteiger partial charge in [-0.15, -0.1) is 0 Å². The van der Waals surface area contributed by atoms with Crippen LogP contribution in [0.25, 0.3) is 0 Å². The highest BCUT2D eigenvalue weighted by Crippen LogP contribution is 2.53. The molecule has 0 aliphatic heterocycles. The smallest absolute Gasteiger partial charge is 0.200 e. The molecule has 106 valence electrons. The molecule has 1 nitrogen and oxygen atoms in total. The third-order valence-corrected chi connectivity index (χ3v) is 12.0. The molecule has 2 saturated carbocycles. The summed E-state index contributed by atoms with van der Waals surface area (Å²) in [5.74, 6) is 0. The first kappa shape index (κ1) is 14.6. The van der Waals surface area contributed by atoms with Gasteiger partial charge in [-0.05, 0) is 16.6 Å². The zero-order valence-corrected chi connectivity index (χ0v) is 13.7. The quantitative estimate of drug-likeness (QED) is 0.598. The molecule has 0 amide bonds. The summed E-state index contributed by atoms with van der Waals surface area (Å²) in [6.45, 7) is 4.91. The van der Waals surface area contributed by atoms with Crippen molar-refractivity contribution in [2.45, 2.75) is 94.7 Å². The molecule has 0 spiro atoms. The highest BCUT2D eigenvalue weighted by molar-refractivity contribution is 6.78. The molecule has 0 saturated heterocycles. The first-order chi connectivity index (χ1) is 8.71. The fourth-order valence-corrected chi connectivity index (χ4v) is 11.3. The van der Waals surface area contributed by atoms with Gasteiger partial charge >= 0.3 is 0 Å². The van der Waals surface area contributed by atoms with E-state index in [0.717, 1.165) is 16.6 Å². The Labute approximate surface area is 115 Å². The average Bonchev–Trinajstić information content (AvgIpc) is 2.42. The zero-order chi connectivity index (χ0) is 13.0. The van der Waals surface area contributed by atoms with Gasteiger partial charge in [0.2, 0.25) is 8.32 Å². The molecule has 2 rings (SSSR count). The molecular weight excluding hydrogens is 236 g/mol. The summed E-state index contributed by atoms with van der Waals surface area (Å²) in [6.07, 6.45) is 14.6. The van der Waals surface area contributed by atoms with Gasteiger partial charge in [-0.25, -0.2) is 0 Å². The van der Waals surface area contributed by atoms with Crippen LogP contribution in [0.2, 0.25) is 16.6 Å². The summed E-state index contributed by atoms with van der Waals surface area (Å²) in [5.41, 5.74) is 2.72. The molecule has 0 aromatic carbocycles. The second-order valence-electron chi connectivity index (χ2n) is 6.88. The lowest BCUT2D eigenvalue weighted by atomic mass is 9.99. The summed E-state index contributed by atoms with van der Waals surface area (Å²) in [6, 6.07) is 0. The molecule has 2 aliphatic carbocycles. The Bertz CT molecular complexity index is 221. The van der Waals surface area contributed by atoms with Crippen LogP contribution >= 0.6 is 0 Å². The van der Waals surface area contributed by atoms with Crippen LogP contribution in [0.5, 0.6) is 0 Å². The predicted molar refractivity (Wildman–Crippen MR) is 81.5 cm³/mol. The minimum absolute atomic E-state index is 0.800. The standard InChI is InChI=1S/C16H32OSi/c1-14(2)18(17-3,15-10-6-4-7-11-15)16-12-8-5-9-13-16/h14-16H,4-13H2,1-3H3. The van der Waals surface area contributed by atoms with Crippen molar-refractivity contribution < 1.29 is 4.43 Å². The number of rotatable bonds is 4. The van der Waals surface area contributed by atoms with E-state index in [1.54, 1.807) is 0 Å². The van der Waals surface area contributed by atoms with Crippen LogP contribution in [0.1, 0.15) is 78.1 Å². The Morgan fingerprint density at radius 3 is 1.44 bits per heavy atom. The highest BCUT2D eigenvalue weighted by atomic mass is 28.4. The largest absolute Gasteiger partial charge is 0.419 e. The van der Waals surface area contributed by atoms with Gasteiger partial charge in [-0.2, -0.15) is 0 Å². The Morgan fingerprint density at radius 1 is 0.778 bits per heavy atom. The molecule has 0 atom stereocenters. The maximum absolute atomic E-state index is 6.42. The average molecular weight is 269 g/mol. The van der Waals surface area contributed by atoms with E-state index in [0.29, 0.717) is 0 Å². The van der Waals surface area contributed by atoms with Crippen LogP contribution in [0.15, 0.2) is 0 Å². The Balaban J connectivity index is 2.19. The lowest BCUT2D eigenvalue weighted by Crippen LogP contribution is -2.51. The van der Waals surface area contributed by atoms with E-state index in [1.165, 1.54) is 64.2 Å². The minimum Gasteiger partial charge on any atom is -0.419 e. The fraction of sp³-hybridized carbons (Fsp3) is 1.00. The molecule has 2 heteroatoms. The van der Waals surface area contributed by atoms with Crippen LogP contribution < -0.4 is 0 Å². The van der Waals surface area contributed by atoms with Gasteiger partial charge in [0.15, 0.2) is 0 Å². The Hall–Kier alpha value is 0.177. The Kier molecular flexibility index (Phi) is 5.31. The van der Waals surface area contributed by atoms with E-state index < -0.39 is 8.32 Å². The first-order valence-corrected chi connectivity index (χ1v) is 10.4. The Morgan fingerprint density at radius 2 is 1.17 bits per heavy atom. The minimum atomic E-state index is -1.55. The lowest BCUT2D eigenvalue weighted by molar-refractivity contribution is 0.308. The lowest BCUT2D eigenvalue weighted by Gasteiger charge is -2.48. The molecule has 0 heterocycles. The maximum atomic E-state index is 6.42. The van der Waals surface area contributed by atoms with Gasteiger partial charge in [0, 0.05) is 7.11 Å².